The van der Waals surface area contributed by atoms with Crippen LogP contribution in [0.1, 0.15) is 52.9 Å². The third kappa shape index (κ3) is 25.4. The number of hydrogen-bond donors (Lipinski definition) is 0. The van der Waals surface area contributed by atoms with E-state index in [1.54, 1.807) is 57.1 Å². The summed E-state index contributed by atoms with van der Waals surface area (Å²) in [5.41, 5.74) is 9.77. The number of rotatable bonds is 7. The number of ether oxygens (including phenoxy) is 5. The first-order valence-corrected chi connectivity index (χ1v) is 25.5. The van der Waals surface area contributed by atoms with Crippen LogP contribution < -0.4 is 23.7 Å². The first-order valence-electron chi connectivity index (χ1n) is 20.6. The molecule has 2 heterocycles. The summed E-state index contributed by atoms with van der Waals surface area (Å²) in [7, 11) is 4.86. The number of aryl methyl sites for hydroxylation is 7. The quantitative estimate of drug-likeness (QED) is 0.157. The zero-order chi connectivity index (χ0) is 50.5. The van der Waals surface area contributed by atoms with Gasteiger partial charge in [0, 0.05) is 30.2 Å². The van der Waals surface area contributed by atoms with Crippen molar-refractivity contribution in [1.29, 1.82) is 0 Å². The molecule has 0 unspecified atom stereocenters. The number of benzene rings is 5. The summed E-state index contributed by atoms with van der Waals surface area (Å²) in [5, 5.41) is 0. The summed E-state index contributed by atoms with van der Waals surface area (Å²) < 4.78 is 55.6. The van der Waals surface area contributed by atoms with Gasteiger partial charge in [-0.05, 0) is 165 Å². The van der Waals surface area contributed by atoms with Crippen LogP contribution in [0, 0.1) is 60.1 Å². The molecule has 0 atom stereocenters. The molecule has 67 heavy (non-hydrogen) atoms. The summed E-state index contributed by atoms with van der Waals surface area (Å²) in [6.45, 7) is 19.2. The first-order chi connectivity index (χ1) is 31.8. The molecule has 0 amide bonds. The van der Waals surface area contributed by atoms with Crippen LogP contribution in [0.25, 0.3) is 0 Å². The van der Waals surface area contributed by atoms with Gasteiger partial charge in [0.1, 0.15) is 11.6 Å². The summed E-state index contributed by atoms with van der Waals surface area (Å²) in [5.74, 6) is 3.40. The van der Waals surface area contributed by atoms with Crippen LogP contribution in [0.3, 0.4) is 0 Å². The van der Waals surface area contributed by atoms with Crippen molar-refractivity contribution >= 4 is 91.0 Å². The van der Waals surface area contributed by atoms with Gasteiger partial charge in [-0.3, -0.25) is 0 Å². The second-order valence-corrected chi connectivity index (χ2v) is 19.5. The minimum atomic E-state index is -0.201. The molecule has 0 aliphatic carbocycles. The van der Waals surface area contributed by atoms with Gasteiger partial charge in [-0.15, -0.1) is 11.3 Å². The summed E-state index contributed by atoms with van der Waals surface area (Å²) in [6, 6.07) is 30.9. The highest BCUT2D eigenvalue weighted by Gasteiger charge is 2.08. The van der Waals surface area contributed by atoms with Crippen molar-refractivity contribution in [2.24, 2.45) is 0 Å². The molecule has 0 fully saturated rings. The van der Waals surface area contributed by atoms with E-state index in [2.05, 4.69) is 109 Å². The third-order valence-corrected chi connectivity index (χ3v) is 13.7. The molecule has 7 aromatic rings. The molecule has 0 saturated heterocycles. The molecule has 362 valence electrons. The van der Waals surface area contributed by atoms with E-state index >= 15 is 0 Å². The standard InChI is InChI=1S/C11H15BrO2.C9H11BrO2.C7H6BrF.C7H8BrNO.C7H7F.C7H8.C4H4BrNS/c1-4-13-10-6-8(3)9(12)7-11(10)14-5-2;1-6-4-8(11-2)9(12-3)5-7(6)10;1-5-2-3-6(9)4-7(5)8;1-5-3-7(10-2)9-4-6(5)8;1-6-2-4-7(8)5-3-6;1-7-5-3-2-4-6-7;1-3-4(5)7-2-6-3/h6-7H,4-5H2,1-3H3;4-5H,1-3H3;2-4H,1H3;3-4H,1-2H3;2-5H,1H3;2-6H,1H3;2H,1H3. The van der Waals surface area contributed by atoms with Crippen molar-refractivity contribution in [3.05, 3.63) is 187 Å². The van der Waals surface area contributed by atoms with Gasteiger partial charge in [0.2, 0.25) is 5.88 Å². The topological polar surface area (TPSA) is 71.9 Å². The van der Waals surface area contributed by atoms with E-state index in [0.717, 1.165) is 78.2 Å². The lowest BCUT2D eigenvalue weighted by Gasteiger charge is -2.12. The lowest BCUT2D eigenvalue weighted by Crippen LogP contribution is -1.99. The summed E-state index contributed by atoms with van der Waals surface area (Å²) in [6.07, 6.45) is 1.73. The highest BCUT2D eigenvalue weighted by Crippen LogP contribution is 2.34. The van der Waals surface area contributed by atoms with Crippen molar-refractivity contribution in [2.45, 2.75) is 62.3 Å². The van der Waals surface area contributed by atoms with Crippen LogP contribution in [0.5, 0.6) is 28.9 Å². The van der Waals surface area contributed by atoms with Crippen molar-refractivity contribution in [3.63, 3.8) is 0 Å². The van der Waals surface area contributed by atoms with Gasteiger partial charge in [0.05, 0.1) is 49.5 Å². The van der Waals surface area contributed by atoms with Gasteiger partial charge >= 0.3 is 0 Å². The zero-order valence-electron chi connectivity index (χ0n) is 39.9. The molecule has 0 saturated carbocycles. The Bertz CT molecular complexity index is 2380. The fourth-order valence-electron chi connectivity index (χ4n) is 4.68. The Morgan fingerprint density at radius 3 is 1.33 bits per heavy atom. The molecule has 2 aromatic heterocycles. The molecule has 7 rings (SSSR count). The monoisotopic (exact) mass is 1260 g/mol. The number of nitrogens with zero attached hydrogens (tertiary/aromatic N) is 2. The van der Waals surface area contributed by atoms with Crippen LogP contribution >= 0.6 is 91.0 Å². The van der Waals surface area contributed by atoms with Gasteiger partial charge < -0.3 is 23.7 Å². The summed E-state index contributed by atoms with van der Waals surface area (Å²) in [4.78, 5) is 7.98. The number of pyridine rings is 1. The van der Waals surface area contributed by atoms with E-state index in [4.69, 9.17) is 23.7 Å². The van der Waals surface area contributed by atoms with E-state index < -0.39 is 0 Å². The molecule has 0 N–H and O–H groups in total. The van der Waals surface area contributed by atoms with Crippen molar-refractivity contribution in [1.82, 2.24) is 9.97 Å². The van der Waals surface area contributed by atoms with Gasteiger partial charge in [-0.1, -0.05) is 107 Å². The molecular weight excluding hydrogens is 1200 g/mol. The number of thiazole rings is 1. The Labute approximate surface area is 442 Å². The Kier molecular flexibility index (Phi) is 31.4. The lowest BCUT2D eigenvalue weighted by atomic mass is 10.2. The van der Waals surface area contributed by atoms with Crippen LogP contribution in [0.15, 0.2) is 137 Å². The van der Waals surface area contributed by atoms with Crippen LogP contribution in [0.2, 0.25) is 0 Å². The number of methoxy groups -OCH3 is 3. The van der Waals surface area contributed by atoms with Crippen LogP contribution in [-0.4, -0.2) is 44.5 Å². The van der Waals surface area contributed by atoms with Gasteiger partial charge in [0.15, 0.2) is 23.0 Å². The van der Waals surface area contributed by atoms with E-state index in [9.17, 15) is 8.78 Å². The molecule has 7 nitrogen and oxygen atoms in total. The smallest absolute Gasteiger partial charge is 0.213 e. The van der Waals surface area contributed by atoms with E-state index in [0.29, 0.717) is 19.1 Å². The predicted molar refractivity (Wildman–Crippen MR) is 292 cm³/mol. The maximum atomic E-state index is 12.3. The van der Waals surface area contributed by atoms with Crippen molar-refractivity contribution in [2.75, 3.05) is 34.5 Å². The Balaban J connectivity index is 0.000000396. The van der Waals surface area contributed by atoms with Gasteiger partial charge in [-0.2, -0.15) is 0 Å². The minimum Gasteiger partial charge on any atom is -0.493 e. The predicted octanol–water partition coefficient (Wildman–Crippen LogP) is 17.7. The molecule has 0 aliphatic heterocycles. The largest absolute Gasteiger partial charge is 0.493 e. The van der Waals surface area contributed by atoms with Crippen LogP contribution in [-0.2, 0) is 0 Å². The second-order valence-electron chi connectivity index (χ2n) is 13.9. The zero-order valence-corrected chi connectivity index (χ0v) is 48.6. The molecule has 15 heteroatoms. The third-order valence-electron chi connectivity index (χ3n) is 8.49. The Morgan fingerprint density at radius 2 is 0.940 bits per heavy atom. The Hall–Kier alpha value is -3.86. The average Bonchev–Trinajstić information content (AvgIpc) is 3.69. The fourth-order valence-corrected chi connectivity index (χ4v) is 6.77. The highest BCUT2D eigenvalue weighted by molar-refractivity contribution is 9.11. The highest BCUT2D eigenvalue weighted by atomic mass is 79.9. The summed E-state index contributed by atoms with van der Waals surface area (Å²) >= 11 is 18.4. The van der Waals surface area contributed by atoms with Gasteiger partial charge in [-0.25, -0.2) is 18.7 Å². The minimum absolute atomic E-state index is 0.171. The Morgan fingerprint density at radius 1 is 0.478 bits per heavy atom. The lowest BCUT2D eigenvalue weighted by molar-refractivity contribution is 0.287. The number of hydrogen-bond acceptors (Lipinski definition) is 8. The normalized spacial score (nSPS) is 9.54. The molecule has 0 spiro atoms. The first kappa shape index (κ1) is 61.2. The molecule has 0 bridgehead atoms. The van der Waals surface area contributed by atoms with E-state index in [-0.39, 0.29) is 11.6 Å². The SMILES string of the molecule is CCOc1cc(C)c(Br)cc1OCC.COc1cc(C)c(Br)cc1OC.COc1cc(C)c(Br)cn1.Cc1ccc(F)cc1.Cc1ccc(F)cc1Br.Cc1ccccc1.Cc1ncsc1Br. The number of halogens is 7. The maximum Gasteiger partial charge on any atom is 0.213 e. The van der Waals surface area contributed by atoms with E-state index in [1.165, 1.54) is 29.8 Å². The van der Waals surface area contributed by atoms with E-state index in [1.807, 2.05) is 109 Å². The van der Waals surface area contributed by atoms with Crippen LogP contribution in [0.4, 0.5) is 8.78 Å². The maximum absolute atomic E-state index is 12.3. The number of aromatic nitrogens is 2. The second kappa shape index (κ2) is 34.4. The molecular formula is C52H59Br5F2N2O5S. The average molecular weight is 1260 g/mol. The van der Waals surface area contributed by atoms with Crippen molar-refractivity contribution in [3.8, 4) is 28.9 Å². The fraction of sp³-hybridized carbons (Fsp3) is 0.269. The van der Waals surface area contributed by atoms with Gasteiger partial charge in [0.25, 0.3) is 0 Å². The molecule has 0 aliphatic rings. The van der Waals surface area contributed by atoms with Crippen molar-refractivity contribution < 1.29 is 32.5 Å². The molecule has 5 aromatic carbocycles. The molecule has 0 radical (unpaired) electrons.